The molecule has 2 fully saturated rings. The van der Waals surface area contributed by atoms with E-state index in [4.69, 9.17) is 4.52 Å². The zero-order valence-corrected chi connectivity index (χ0v) is 20.8. The molecule has 1 aliphatic heterocycles. The molecule has 0 spiro atoms. The molecule has 7 nitrogen and oxygen atoms in total. The van der Waals surface area contributed by atoms with Crippen molar-refractivity contribution in [3.63, 3.8) is 0 Å². The lowest BCUT2D eigenvalue weighted by Gasteiger charge is -2.46. The van der Waals surface area contributed by atoms with Crippen molar-refractivity contribution >= 4 is 11.8 Å². The number of benzene rings is 1. The van der Waals surface area contributed by atoms with Crippen LogP contribution in [0.5, 0.6) is 0 Å². The highest BCUT2D eigenvalue weighted by Crippen LogP contribution is 2.38. The van der Waals surface area contributed by atoms with E-state index in [2.05, 4.69) is 29.2 Å². The highest BCUT2D eigenvalue weighted by Gasteiger charge is 2.40. The number of nitrogens with zero attached hydrogens (tertiary/aromatic N) is 3. The van der Waals surface area contributed by atoms with Crippen molar-refractivity contribution in [3.8, 4) is 11.3 Å². The maximum Gasteiger partial charge on any atom is 0.273 e. The second-order valence-electron chi connectivity index (χ2n) is 10.8. The lowest BCUT2D eigenvalue weighted by Crippen LogP contribution is -2.58. The summed E-state index contributed by atoms with van der Waals surface area (Å²) >= 11 is 0. The predicted molar refractivity (Wildman–Crippen MR) is 128 cm³/mol. The van der Waals surface area contributed by atoms with E-state index in [1.807, 2.05) is 0 Å². The summed E-state index contributed by atoms with van der Waals surface area (Å²) in [5.74, 6) is -2.37. The summed E-state index contributed by atoms with van der Waals surface area (Å²) in [6.07, 6.45) is 5.28. The first-order chi connectivity index (χ1) is 16.5. The second kappa shape index (κ2) is 10.0. The van der Waals surface area contributed by atoms with E-state index in [0.717, 1.165) is 31.5 Å². The first kappa shape index (κ1) is 25.3. The Kier molecular flexibility index (Phi) is 7.26. The Morgan fingerprint density at radius 2 is 1.97 bits per heavy atom. The summed E-state index contributed by atoms with van der Waals surface area (Å²) in [7, 11) is 3.45. The van der Waals surface area contributed by atoms with Crippen LogP contribution in [0.2, 0.25) is 0 Å². The Morgan fingerprint density at radius 3 is 2.66 bits per heavy atom. The molecule has 9 heteroatoms. The van der Waals surface area contributed by atoms with Gasteiger partial charge in [0, 0.05) is 51.4 Å². The summed E-state index contributed by atoms with van der Waals surface area (Å²) in [5.41, 5.74) is 0.294. The molecule has 1 saturated heterocycles. The Hall–Kier alpha value is -2.81. The fraction of sp³-hybridized carbons (Fsp3) is 0.577. The molecule has 1 aliphatic carbocycles. The van der Waals surface area contributed by atoms with E-state index in [1.165, 1.54) is 25.0 Å². The van der Waals surface area contributed by atoms with Gasteiger partial charge in [-0.15, -0.1) is 0 Å². The fourth-order valence-corrected chi connectivity index (χ4v) is 5.47. The Balaban J connectivity index is 1.47. The van der Waals surface area contributed by atoms with E-state index >= 15 is 0 Å². The van der Waals surface area contributed by atoms with Gasteiger partial charge in [-0.1, -0.05) is 25.4 Å². The number of carbonyl (C=O) groups is 2. The average Bonchev–Trinajstić information content (AvgIpc) is 3.28. The lowest BCUT2D eigenvalue weighted by molar-refractivity contribution is -0.136. The molecule has 2 aliphatic rings. The minimum atomic E-state index is -0.803. The van der Waals surface area contributed by atoms with Gasteiger partial charge in [0.1, 0.15) is 11.6 Å². The van der Waals surface area contributed by atoms with Crippen LogP contribution in [-0.2, 0) is 4.79 Å². The van der Waals surface area contributed by atoms with Gasteiger partial charge in [-0.3, -0.25) is 14.5 Å². The van der Waals surface area contributed by atoms with Gasteiger partial charge in [-0.2, -0.15) is 0 Å². The number of piperidine rings is 1. The SMILES string of the molecule is CN(C)C(=O)[C@H]1CN([C@@H]2CCCC(C)(C)C2)CC[C@@H]1NC(=O)c1cc(-c2ccc(F)cc2F)on1. The van der Waals surface area contributed by atoms with Gasteiger partial charge < -0.3 is 14.7 Å². The molecule has 1 aromatic heterocycles. The molecule has 1 aromatic carbocycles. The van der Waals surface area contributed by atoms with Crippen LogP contribution >= 0.6 is 0 Å². The standard InChI is InChI=1S/C26H34F2N4O3/c1-26(2)10-5-6-17(14-26)32-11-9-21(19(15-32)25(34)31(3)4)29-24(33)22-13-23(35-30-22)18-8-7-16(27)12-20(18)28/h7-8,12-13,17,19,21H,5-6,9-11,14-15H2,1-4H3,(H,29,33)/t17-,19+,21+/m1/s1. The summed E-state index contributed by atoms with van der Waals surface area (Å²) in [6.45, 7) is 6.00. The number of amides is 2. The van der Waals surface area contributed by atoms with Crippen LogP contribution in [0.4, 0.5) is 8.78 Å². The van der Waals surface area contributed by atoms with Gasteiger partial charge in [0.05, 0.1) is 11.5 Å². The number of hydrogen-bond donors (Lipinski definition) is 1. The van der Waals surface area contributed by atoms with Crippen molar-refractivity contribution in [3.05, 3.63) is 41.6 Å². The summed E-state index contributed by atoms with van der Waals surface area (Å²) < 4.78 is 32.5. The minimum Gasteiger partial charge on any atom is -0.355 e. The Labute approximate surface area is 204 Å². The number of halogens is 2. The first-order valence-electron chi connectivity index (χ1n) is 12.2. The smallest absolute Gasteiger partial charge is 0.273 e. The van der Waals surface area contributed by atoms with E-state index in [0.29, 0.717) is 24.4 Å². The molecule has 3 atom stereocenters. The Morgan fingerprint density at radius 1 is 1.20 bits per heavy atom. The molecule has 2 amide bonds. The van der Waals surface area contributed by atoms with E-state index < -0.39 is 17.5 Å². The second-order valence-corrected chi connectivity index (χ2v) is 10.8. The molecule has 4 rings (SSSR count). The molecule has 0 unspecified atom stereocenters. The van der Waals surface area contributed by atoms with E-state index in [9.17, 15) is 18.4 Å². The first-order valence-corrected chi connectivity index (χ1v) is 12.2. The van der Waals surface area contributed by atoms with Gasteiger partial charge in [-0.25, -0.2) is 8.78 Å². The normalized spacial score (nSPS) is 24.7. The van der Waals surface area contributed by atoms with Crippen molar-refractivity contribution in [1.82, 2.24) is 20.3 Å². The molecular weight excluding hydrogens is 454 g/mol. The maximum absolute atomic E-state index is 14.1. The van der Waals surface area contributed by atoms with Gasteiger partial charge in [0.2, 0.25) is 5.91 Å². The molecule has 35 heavy (non-hydrogen) atoms. The third-order valence-corrected chi connectivity index (χ3v) is 7.35. The van der Waals surface area contributed by atoms with Crippen LogP contribution in [0.25, 0.3) is 11.3 Å². The topological polar surface area (TPSA) is 78.7 Å². The molecule has 1 N–H and O–H groups in total. The third kappa shape index (κ3) is 5.72. The van der Waals surface area contributed by atoms with Crippen molar-refractivity contribution in [1.29, 1.82) is 0 Å². The quantitative estimate of drug-likeness (QED) is 0.686. The zero-order chi connectivity index (χ0) is 25.3. The van der Waals surface area contributed by atoms with Gasteiger partial charge in [0.15, 0.2) is 11.5 Å². The number of aromatic nitrogens is 1. The highest BCUT2D eigenvalue weighted by molar-refractivity contribution is 5.94. The van der Waals surface area contributed by atoms with Crippen molar-refractivity contribution in [2.24, 2.45) is 11.3 Å². The minimum absolute atomic E-state index is 0.0160. The van der Waals surface area contributed by atoms with Crippen LogP contribution < -0.4 is 5.32 Å². The lowest BCUT2D eigenvalue weighted by atomic mass is 9.74. The average molecular weight is 489 g/mol. The number of likely N-dealkylation sites (tertiary alicyclic amines) is 1. The third-order valence-electron chi connectivity index (χ3n) is 7.35. The van der Waals surface area contributed by atoms with Crippen LogP contribution in [-0.4, -0.2) is 66.0 Å². The number of carbonyl (C=O) groups excluding carboxylic acids is 2. The van der Waals surface area contributed by atoms with Crippen LogP contribution in [0.1, 0.15) is 56.4 Å². The summed E-state index contributed by atoms with van der Waals surface area (Å²) in [6, 6.07) is 4.51. The van der Waals surface area contributed by atoms with Crippen LogP contribution in [0.15, 0.2) is 28.8 Å². The molecular formula is C26H34F2N4O3. The van der Waals surface area contributed by atoms with Gasteiger partial charge >= 0.3 is 0 Å². The van der Waals surface area contributed by atoms with Gasteiger partial charge in [0.25, 0.3) is 5.91 Å². The van der Waals surface area contributed by atoms with Crippen LogP contribution in [0.3, 0.4) is 0 Å². The molecule has 2 aromatic rings. The van der Waals surface area contributed by atoms with Gasteiger partial charge in [-0.05, 0) is 43.2 Å². The van der Waals surface area contributed by atoms with E-state index in [-0.39, 0.29) is 34.9 Å². The molecule has 0 radical (unpaired) electrons. The predicted octanol–water partition coefficient (Wildman–Crippen LogP) is 4.10. The number of hydrogen-bond acceptors (Lipinski definition) is 5. The molecule has 190 valence electrons. The highest BCUT2D eigenvalue weighted by atomic mass is 19.1. The van der Waals surface area contributed by atoms with Crippen molar-refractivity contribution < 1.29 is 22.9 Å². The molecule has 1 saturated carbocycles. The number of nitrogens with one attached hydrogen (secondary N) is 1. The largest absolute Gasteiger partial charge is 0.355 e. The van der Waals surface area contributed by atoms with Crippen molar-refractivity contribution in [2.75, 3.05) is 27.2 Å². The maximum atomic E-state index is 14.1. The Bertz CT molecular complexity index is 1080. The zero-order valence-electron chi connectivity index (χ0n) is 20.8. The number of rotatable bonds is 5. The summed E-state index contributed by atoms with van der Waals surface area (Å²) in [5, 5.41) is 6.74. The molecule has 2 heterocycles. The summed E-state index contributed by atoms with van der Waals surface area (Å²) in [4.78, 5) is 30.0. The monoisotopic (exact) mass is 488 g/mol. The fourth-order valence-electron chi connectivity index (χ4n) is 5.47. The van der Waals surface area contributed by atoms with Crippen molar-refractivity contribution in [2.45, 2.75) is 58.0 Å². The van der Waals surface area contributed by atoms with E-state index in [1.54, 1.807) is 19.0 Å². The molecule has 0 bridgehead atoms. The van der Waals surface area contributed by atoms with Crippen LogP contribution in [0, 0.1) is 23.0 Å².